The van der Waals surface area contributed by atoms with E-state index in [1.54, 1.807) is 12.1 Å². The highest BCUT2D eigenvalue weighted by Gasteiger charge is 2.35. The van der Waals surface area contributed by atoms with E-state index >= 15 is 0 Å². The van der Waals surface area contributed by atoms with Gasteiger partial charge in [-0.05, 0) is 62.9 Å². The highest BCUT2D eigenvalue weighted by atomic mass is 35.5. The van der Waals surface area contributed by atoms with Crippen molar-refractivity contribution in [1.29, 1.82) is 0 Å². The molecule has 0 bridgehead atoms. The van der Waals surface area contributed by atoms with E-state index in [0.29, 0.717) is 36.7 Å². The molecule has 1 aromatic carbocycles. The van der Waals surface area contributed by atoms with Crippen LogP contribution in [0.3, 0.4) is 0 Å². The summed E-state index contributed by atoms with van der Waals surface area (Å²) in [6.07, 6.45) is 2.78. The van der Waals surface area contributed by atoms with Crippen LogP contribution in [0.15, 0.2) is 18.2 Å². The number of halogens is 1. The number of likely N-dealkylation sites (tertiary alicyclic amines) is 1. The molecule has 0 spiro atoms. The van der Waals surface area contributed by atoms with Crippen LogP contribution in [0.4, 0.5) is 5.69 Å². The Kier molecular flexibility index (Phi) is 5.71. The Morgan fingerprint density at radius 3 is 2.52 bits per heavy atom. The fourth-order valence-electron chi connectivity index (χ4n) is 4.00. The molecule has 0 aliphatic carbocycles. The van der Waals surface area contributed by atoms with Gasteiger partial charge < -0.3 is 10.6 Å². The molecule has 140 valence electrons. The third kappa shape index (κ3) is 3.64. The number of anilines is 1. The number of nitrogens with two attached hydrogens (primary N) is 1. The number of hydrogen-bond acceptors (Lipinski definition) is 4. The van der Waals surface area contributed by atoms with Crippen LogP contribution in [0.5, 0.6) is 0 Å². The zero-order valence-corrected chi connectivity index (χ0v) is 16.4. The van der Waals surface area contributed by atoms with Gasteiger partial charge in [-0.3, -0.25) is 9.10 Å². The number of nitrogens with zero attached hydrogens (tertiary/aromatic N) is 2. The zero-order valence-electron chi connectivity index (χ0n) is 14.8. The van der Waals surface area contributed by atoms with Crippen molar-refractivity contribution in [2.45, 2.75) is 38.8 Å². The Morgan fingerprint density at radius 1 is 1.28 bits per heavy atom. The highest BCUT2D eigenvalue weighted by molar-refractivity contribution is 7.92. The number of amides is 1. The second kappa shape index (κ2) is 7.13. The van der Waals surface area contributed by atoms with E-state index < -0.39 is 10.0 Å². The van der Waals surface area contributed by atoms with Crippen molar-refractivity contribution >= 4 is 34.0 Å². The Morgan fingerprint density at radius 2 is 1.96 bits per heavy atom. The first kappa shape index (κ1) is 20.0. The number of fused-ring (bicyclic) bond motifs is 1. The van der Waals surface area contributed by atoms with Gasteiger partial charge in [-0.2, -0.15) is 0 Å². The van der Waals surface area contributed by atoms with Crippen LogP contribution in [-0.2, 0) is 16.4 Å². The lowest BCUT2D eigenvalue weighted by Gasteiger charge is -2.23. The van der Waals surface area contributed by atoms with E-state index in [1.807, 2.05) is 24.8 Å². The number of carbonyl (C=O) groups is 1. The van der Waals surface area contributed by atoms with Crippen LogP contribution in [0, 0.1) is 5.92 Å². The number of hydrogen-bond donors (Lipinski definition) is 1. The zero-order chi connectivity index (χ0) is 17.6. The SMILES string of the molecule is CC1CC(CN)CN1C(=O)c1ccc2c(c1)CC(C)N2S(C)(=O)=O.Cl. The molecule has 2 N–H and O–H groups in total. The van der Waals surface area contributed by atoms with Crippen molar-refractivity contribution in [3.05, 3.63) is 29.3 Å². The second-order valence-corrected chi connectivity index (χ2v) is 8.96. The number of carbonyl (C=O) groups excluding carboxylic acids is 1. The van der Waals surface area contributed by atoms with Crippen LogP contribution in [0.2, 0.25) is 0 Å². The molecule has 0 saturated carbocycles. The van der Waals surface area contributed by atoms with Crippen LogP contribution < -0.4 is 10.0 Å². The summed E-state index contributed by atoms with van der Waals surface area (Å²) < 4.78 is 25.4. The minimum Gasteiger partial charge on any atom is -0.336 e. The predicted molar refractivity (Wildman–Crippen MR) is 102 cm³/mol. The molecule has 0 radical (unpaired) electrons. The summed E-state index contributed by atoms with van der Waals surface area (Å²) in [6, 6.07) is 5.41. The van der Waals surface area contributed by atoms with Gasteiger partial charge in [0.2, 0.25) is 10.0 Å². The monoisotopic (exact) mass is 387 g/mol. The lowest BCUT2D eigenvalue weighted by Crippen LogP contribution is -2.35. The van der Waals surface area contributed by atoms with Crippen molar-refractivity contribution in [3.63, 3.8) is 0 Å². The summed E-state index contributed by atoms with van der Waals surface area (Å²) >= 11 is 0. The quantitative estimate of drug-likeness (QED) is 0.854. The number of benzene rings is 1. The van der Waals surface area contributed by atoms with E-state index in [9.17, 15) is 13.2 Å². The summed E-state index contributed by atoms with van der Waals surface area (Å²) in [5.74, 6) is 0.367. The summed E-state index contributed by atoms with van der Waals surface area (Å²) in [6.45, 7) is 5.23. The number of rotatable bonds is 3. The molecule has 2 aliphatic heterocycles. The van der Waals surface area contributed by atoms with Gasteiger partial charge in [0, 0.05) is 24.2 Å². The molecule has 1 amide bonds. The van der Waals surface area contributed by atoms with Gasteiger partial charge >= 0.3 is 0 Å². The van der Waals surface area contributed by atoms with Gasteiger partial charge in [0.15, 0.2) is 0 Å². The van der Waals surface area contributed by atoms with Gasteiger partial charge in [-0.15, -0.1) is 12.4 Å². The largest absolute Gasteiger partial charge is 0.336 e. The fraction of sp³-hybridized carbons (Fsp3) is 0.588. The molecule has 25 heavy (non-hydrogen) atoms. The Labute approximate surface area is 155 Å². The van der Waals surface area contributed by atoms with Gasteiger partial charge in [0.1, 0.15) is 0 Å². The molecular weight excluding hydrogens is 362 g/mol. The Hall–Kier alpha value is -1.31. The van der Waals surface area contributed by atoms with Crippen molar-refractivity contribution in [1.82, 2.24) is 4.90 Å². The summed E-state index contributed by atoms with van der Waals surface area (Å²) in [5.41, 5.74) is 7.98. The van der Waals surface area contributed by atoms with Crippen molar-refractivity contribution in [3.8, 4) is 0 Å². The molecule has 2 heterocycles. The molecule has 0 aromatic heterocycles. The van der Waals surface area contributed by atoms with Crippen molar-refractivity contribution in [2.75, 3.05) is 23.7 Å². The minimum absolute atomic E-state index is 0. The van der Waals surface area contributed by atoms with Crippen molar-refractivity contribution < 1.29 is 13.2 Å². The Balaban J connectivity index is 0.00000225. The van der Waals surface area contributed by atoms with E-state index in [4.69, 9.17) is 5.73 Å². The first-order valence-electron chi connectivity index (χ1n) is 8.35. The molecular formula is C17H26ClN3O3S. The molecule has 6 nitrogen and oxygen atoms in total. The van der Waals surface area contributed by atoms with Crippen LogP contribution in [-0.4, -0.2) is 50.7 Å². The average molecular weight is 388 g/mol. The molecule has 2 aliphatic rings. The maximum absolute atomic E-state index is 12.8. The van der Waals surface area contributed by atoms with Crippen LogP contribution >= 0.6 is 12.4 Å². The van der Waals surface area contributed by atoms with Crippen LogP contribution in [0.1, 0.15) is 36.2 Å². The third-order valence-electron chi connectivity index (χ3n) is 5.09. The standard InChI is InChI=1S/C17H25N3O3S.ClH/c1-11-6-13(9-18)10-19(11)17(21)14-4-5-16-15(8-14)7-12(2)20(16)24(3,22)23;/h4-5,8,11-13H,6-7,9-10,18H2,1-3H3;1H. The average Bonchev–Trinajstić information content (AvgIpc) is 3.04. The molecule has 1 saturated heterocycles. The highest BCUT2D eigenvalue weighted by Crippen LogP contribution is 2.35. The van der Waals surface area contributed by atoms with E-state index in [1.165, 1.54) is 10.6 Å². The minimum atomic E-state index is -3.31. The topological polar surface area (TPSA) is 83.7 Å². The van der Waals surface area contributed by atoms with Gasteiger partial charge in [0.05, 0.1) is 11.9 Å². The third-order valence-corrected chi connectivity index (χ3v) is 6.36. The van der Waals surface area contributed by atoms with E-state index in [0.717, 1.165) is 12.0 Å². The number of sulfonamides is 1. The first-order chi connectivity index (χ1) is 11.2. The summed E-state index contributed by atoms with van der Waals surface area (Å²) in [4.78, 5) is 14.7. The molecule has 8 heteroatoms. The molecule has 1 fully saturated rings. The second-order valence-electron chi connectivity index (χ2n) is 7.10. The molecule has 3 unspecified atom stereocenters. The maximum Gasteiger partial charge on any atom is 0.254 e. The van der Waals surface area contributed by atoms with E-state index in [2.05, 4.69) is 0 Å². The summed E-state index contributed by atoms with van der Waals surface area (Å²) in [7, 11) is -3.31. The lowest BCUT2D eigenvalue weighted by molar-refractivity contribution is 0.0743. The van der Waals surface area contributed by atoms with Crippen LogP contribution in [0.25, 0.3) is 0 Å². The maximum atomic E-state index is 12.8. The molecule has 1 aromatic rings. The van der Waals surface area contributed by atoms with E-state index in [-0.39, 0.29) is 30.4 Å². The predicted octanol–water partition coefficient (Wildman–Crippen LogP) is 1.63. The van der Waals surface area contributed by atoms with Gasteiger partial charge in [-0.25, -0.2) is 8.42 Å². The summed E-state index contributed by atoms with van der Waals surface area (Å²) in [5, 5.41) is 0. The van der Waals surface area contributed by atoms with Crippen molar-refractivity contribution in [2.24, 2.45) is 11.7 Å². The Bertz CT molecular complexity index is 768. The smallest absolute Gasteiger partial charge is 0.254 e. The molecule has 3 rings (SSSR count). The normalized spacial score (nSPS) is 25.7. The lowest BCUT2D eigenvalue weighted by atomic mass is 10.1. The molecule has 3 atom stereocenters. The van der Waals surface area contributed by atoms with Gasteiger partial charge in [-0.1, -0.05) is 0 Å². The first-order valence-corrected chi connectivity index (χ1v) is 10.2. The van der Waals surface area contributed by atoms with Gasteiger partial charge in [0.25, 0.3) is 5.91 Å². The fourth-order valence-corrected chi connectivity index (χ4v) is 5.27.